The van der Waals surface area contributed by atoms with Crippen molar-refractivity contribution < 1.29 is 9.59 Å². The molecule has 3 N–H and O–H groups in total. The molecule has 1 atom stereocenters. The van der Waals surface area contributed by atoms with Crippen LogP contribution >= 0.6 is 24.0 Å². The quantitative estimate of drug-likeness (QED) is 0.650. The predicted octanol–water partition coefficient (Wildman–Crippen LogP) is 2.78. The minimum Gasteiger partial charge on any atom is -0.352 e. The van der Waals surface area contributed by atoms with Crippen LogP contribution in [0.3, 0.4) is 0 Å². The summed E-state index contributed by atoms with van der Waals surface area (Å²) < 4.78 is 1.63. The summed E-state index contributed by atoms with van der Waals surface area (Å²) in [5.74, 6) is -0.124. The smallest absolute Gasteiger partial charge is 0.252 e. The third-order valence-electron chi connectivity index (χ3n) is 3.76. The van der Waals surface area contributed by atoms with Crippen LogP contribution in [0.4, 0.5) is 5.69 Å². The SMILES string of the molecule is CNC(C(=O)Nc1ccc(C(=O)NCC(C)C)c(Cl)c1)c1cnn(C)c1.Cl. The second-order valence-electron chi connectivity index (χ2n) is 6.46. The summed E-state index contributed by atoms with van der Waals surface area (Å²) >= 11 is 6.22. The minimum atomic E-state index is -0.545. The van der Waals surface area contributed by atoms with E-state index in [1.807, 2.05) is 13.8 Å². The van der Waals surface area contributed by atoms with Gasteiger partial charge in [-0.25, -0.2) is 0 Å². The van der Waals surface area contributed by atoms with E-state index < -0.39 is 6.04 Å². The van der Waals surface area contributed by atoms with E-state index >= 15 is 0 Å². The first-order chi connectivity index (χ1) is 12.3. The van der Waals surface area contributed by atoms with Crippen molar-refractivity contribution in [3.8, 4) is 0 Å². The maximum Gasteiger partial charge on any atom is 0.252 e. The standard InChI is InChI=1S/C18H24ClN5O2.ClH/c1-11(2)8-21-17(25)14-6-5-13(7-15(14)19)23-18(26)16(20-3)12-9-22-24(4)10-12;/h5-7,9-11,16,20H,8H2,1-4H3,(H,21,25)(H,23,26);1H. The van der Waals surface area contributed by atoms with Crippen molar-refractivity contribution in [3.63, 3.8) is 0 Å². The average molecular weight is 414 g/mol. The van der Waals surface area contributed by atoms with E-state index in [1.165, 1.54) is 0 Å². The van der Waals surface area contributed by atoms with Crippen LogP contribution in [-0.4, -0.2) is 35.2 Å². The van der Waals surface area contributed by atoms with E-state index in [1.54, 1.807) is 49.4 Å². The Bertz CT molecular complexity index is 792. The Hall–Kier alpha value is -2.09. The number of likely N-dealkylation sites (N-methyl/N-ethyl adjacent to an activating group) is 1. The molecule has 7 nitrogen and oxygen atoms in total. The van der Waals surface area contributed by atoms with E-state index in [-0.39, 0.29) is 29.2 Å². The van der Waals surface area contributed by atoms with Gasteiger partial charge in [-0.1, -0.05) is 25.4 Å². The van der Waals surface area contributed by atoms with Gasteiger partial charge in [-0.2, -0.15) is 5.10 Å². The van der Waals surface area contributed by atoms with Crippen molar-refractivity contribution >= 4 is 41.5 Å². The number of nitrogens with one attached hydrogen (secondary N) is 3. The number of benzene rings is 1. The third-order valence-corrected chi connectivity index (χ3v) is 4.07. The van der Waals surface area contributed by atoms with Crippen LogP contribution in [0.5, 0.6) is 0 Å². The lowest BCUT2D eigenvalue weighted by molar-refractivity contribution is -0.118. The molecule has 0 aliphatic rings. The number of nitrogens with zero attached hydrogens (tertiary/aromatic N) is 2. The largest absolute Gasteiger partial charge is 0.352 e. The fourth-order valence-electron chi connectivity index (χ4n) is 2.42. The molecule has 0 radical (unpaired) electrons. The summed E-state index contributed by atoms with van der Waals surface area (Å²) in [5, 5.41) is 12.9. The van der Waals surface area contributed by atoms with E-state index in [0.29, 0.717) is 23.7 Å². The number of aromatic nitrogens is 2. The first kappa shape index (κ1) is 23.0. The van der Waals surface area contributed by atoms with Crippen LogP contribution in [0.2, 0.25) is 5.02 Å². The van der Waals surface area contributed by atoms with E-state index in [4.69, 9.17) is 11.6 Å². The highest BCUT2D eigenvalue weighted by Crippen LogP contribution is 2.22. The molecule has 0 saturated carbocycles. The Morgan fingerprint density at radius 3 is 2.52 bits per heavy atom. The second-order valence-corrected chi connectivity index (χ2v) is 6.86. The third kappa shape index (κ3) is 6.23. The fraction of sp³-hybridized carbons (Fsp3) is 0.389. The monoisotopic (exact) mass is 413 g/mol. The number of rotatable bonds is 7. The number of halogens is 2. The molecular formula is C18H25Cl2N5O2. The number of anilines is 1. The molecule has 2 aromatic rings. The predicted molar refractivity (Wildman–Crippen MR) is 110 cm³/mol. The van der Waals surface area contributed by atoms with Gasteiger partial charge < -0.3 is 16.0 Å². The maximum atomic E-state index is 12.5. The zero-order chi connectivity index (χ0) is 19.3. The van der Waals surface area contributed by atoms with Crippen molar-refractivity contribution in [2.75, 3.05) is 18.9 Å². The van der Waals surface area contributed by atoms with Crippen molar-refractivity contribution in [2.45, 2.75) is 19.9 Å². The number of aryl methyl sites for hydroxylation is 1. The molecule has 0 aliphatic carbocycles. The van der Waals surface area contributed by atoms with Gasteiger partial charge in [0, 0.05) is 31.0 Å². The summed E-state index contributed by atoms with van der Waals surface area (Å²) in [6, 6.07) is 4.28. The van der Waals surface area contributed by atoms with Crippen LogP contribution in [0.25, 0.3) is 0 Å². The lowest BCUT2D eigenvalue weighted by Crippen LogP contribution is -2.30. The average Bonchev–Trinajstić information content (AvgIpc) is 2.99. The Balaban J connectivity index is 0.00000364. The van der Waals surface area contributed by atoms with E-state index in [9.17, 15) is 9.59 Å². The number of carbonyl (C=O) groups excluding carboxylic acids is 2. The highest BCUT2D eigenvalue weighted by Gasteiger charge is 2.21. The molecule has 27 heavy (non-hydrogen) atoms. The van der Waals surface area contributed by atoms with Crippen molar-refractivity contribution in [3.05, 3.63) is 46.7 Å². The van der Waals surface area contributed by atoms with Crippen LogP contribution in [0.1, 0.15) is 35.8 Å². The van der Waals surface area contributed by atoms with Gasteiger partial charge in [-0.05, 0) is 31.2 Å². The van der Waals surface area contributed by atoms with E-state index in [2.05, 4.69) is 21.0 Å². The molecule has 2 amide bonds. The molecule has 1 unspecified atom stereocenters. The number of carbonyl (C=O) groups is 2. The van der Waals surface area contributed by atoms with Crippen LogP contribution < -0.4 is 16.0 Å². The van der Waals surface area contributed by atoms with Gasteiger partial charge in [0.1, 0.15) is 6.04 Å². The van der Waals surface area contributed by atoms with Gasteiger partial charge in [0.15, 0.2) is 0 Å². The summed E-state index contributed by atoms with van der Waals surface area (Å²) in [6.07, 6.45) is 3.41. The Labute approximate surface area is 170 Å². The first-order valence-corrected chi connectivity index (χ1v) is 8.74. The molecule has 0 bridgehead atoms. The number of amides is 2. The number of hydrogen-bond donors (Lipinski definition) is 3. The molecule has 0 saturated heterocycles. The molecule has 0 fully saturated rings. The molecule has 9 heteroatoms. The summed E-state index contributed by atoms with van der Waals surface area (Å²) in [7, 11) is 3.49. The summed E-state index contributed by atoms with van der Waals surface area (Å²) in [5.41, 5.74) is 1.65. The molecule has 0 aliphatic heterocycles. The molecular weight excluding hydrogens is 389 g/mol. The van der Waals surface area contributed by atoms with Crippen LogP contribution in [0.15, 0.2) is 30.6 Å². The summed E-state index contributed by atoms with van der Waals surface area (Å²) in [4.78, 5) is 24.7. The van der Waals surface area contributed by atoms with Crippen molar-refractivity contribution in [1.82, 2.24) is 20.4 Å². The van der Waals surface area contributed by atoms with E-state index in [0.717, 1.165) is 5.56 Å². The Kier molecular flexibility index (Phi) is 8.75. The Morgan fingerprint density at radius 2 is 2.00 bits per heavy atom. The van der Waals surface area contributed by atoms with Crippen LogP contribution in [0, 0.1) is 5.92 Å². The summed E-state index contributed by atoms with van der Waals surface area (Å²) in [6.45, 7) is 4.60. The molecule has 2 rings (SSSR count). The lowest BCUT2D eigenvalue weighted by Gasteiger charge is -2.15. The lowest BCUT2D eigenvalue weighted by atomic mass is 10.1. The van der Waals surface area contributed by atoms with Gasteiger partial charge in [0.2, 0.25) is 5.91 Å². The minimum absolute atomic E-state index is 0. The molecule has 0 spiro atoms. The fourth-order valence-corrected chi connectivity index (χ4v) is 2.69. The zero-order valence-electron chi connectivity index (χ0n) is 15.7. The highest BCUT2D eigenvalue weighted by molar-refractivity contribution is 6.34. The van der Waals surface area contributed by atoms with Gasteiger partial charge in [0.25, 0.3) is 5.91 Å². The zero-order valence-corrected chi connectivity index (χ0v) is 17.3. The van der Waals surface area contributed by atoms with Gasteiger partial charge in [-0.3, -0.25) is 14.3 Å². The van der Waals surface area contributed by atoms with Crippen LogP contribution in [-0.2, 0) is 11.8 Å². The van der Waals surface area contributed by atoms with Gasteiger partial charge >= 0.3 is 0 Å². The Morgan fingerprint density at radius 1 is 1.30 bits per heavy atom. The molecule has 148 valence electrons. The van der Waals surface area contributed by atoms with Gasteiger partial charge in [0.05, 0.1) is 16.8 Å². The van der Waals surface area contributed by atoms with Gasteiger partial charge in [-0.15, -0.1) is 12.4 Å². The highest BCUT2D eigenvalue weighted by atomic mass is 35.5. The second kappa shape index (κ2) is 10.3. The van der Waals surface area contributed by atoms with Crippen molar-refractivity contribution in [2.24, 2.45) is 13.0 Å². The normalized spacial score (nSPS) is 11.6. The topological polar surface area (TPSA) is 88.1 Å². The number of hydrogen-bond acceptors (Lipinski definition) is 4. The molecule has 1 aromatic carbocycles. The molecule has 1 heterocycles. The maximum absolute atomic E-state index is 12.5. The molecule has 1 aromatic heterocycles. The van der Waals surface area contributed by atoms with Crippen molar-refractivity contribution in [1.29, 1.82) is 0 Å². The first-order valence-electron chi connectivity index (χ1n) is 8.36.